The highest BCUT2D eigenvalue weighted by atomic mass is 19.4. The molecule has 5 nitrogen and oxygen atoms in total. The lowest BCUT2D eigenvalue weighted by Gasteiger charge is -2.35. The van der Waals surface area contributed by atoms with Gasteiger partial charge in [0, 0.05) is 6.54 Å². The third kappa shape index (κ3) is 3.49. The van der Waals surface area contributed by atoms with E-state index in [0.717, 1.165) is 24.2 Å². The molecule has 0 aromatic carbocycles. The maximum Gasteiger partial charge on any atom is 0.401 e. The van der Waals surface area contributed by atoms with Gasteiger partial charge >= 0.3 is 6.18 Å². The lowest BCUT2D eigenvalue weighted by molar-refractivity contribution is -0.167. The molecule has 0 saturated carbocycles. The van der Waals surface area contributed by atoms with Crippen molar-refractivity contribution in [2.45, 2.75) is 49.7 Å². The zero-order valence-electron chi connectivity index (χ0n) is 11.6. The highest BCUT2D eigenvalue weighted by Crippen LogP contribution is 2.34. The summed E-state index contributed by atoms with van der Waals surface area (Å²) in [5, 5.41) is 2.84. The molecule has 3 rings (SSSR count). The Morgan fingerprint density at radius 1 is 1.33 bits per heavy atom. The van der Waals surface area contributed by atoms with E-state index < -0.39 is 18.8 Å². The molecule has 2 bridgehead atoms. The maximum atomic E-state index is 12.6. The van der Waals surface area contributed by atoms with Crippen LogP contribution in [0.3, 0.4) is 0 Å². The molecule has 0 radical (unpaired) electrons. The van der Waals surface area contributed by atoms with Gasteiger partial charge in [0.25, 0.3) is 0 Å². The molecule has 3 heterocycles. The summed E-state index contributed by atoms with van der Waals surface area (Å²) >= 11 is 0. The quantitative estimate of drug-likeness (QED) is 0.833. The molecule has 4 atom stereocenters. The average Bonchev–Trinajstić information content (AvgIpc) is 2.99. The molecule has 0 spiro atoms. The number of carbonyl (C=O) groups is 1. The van der Waals surface area contributed by atoms with Crippen molar-refractivity contribution in [3.63, 3.8) is 0 Å². The Hall–Kier alpha value is -0.860. The first kappa shape index (κ1) is 15.1. The van der Waals surface area contributed by atoms with Crippen LogP contribution in [-0.2, 0) is 14.3 Å². The molecular formula is C13H19F3N2O3. The lowest BCUT2D eigenvalue weighted by Crippen LogP contribution is -2.58. The predicted octanol–water partition coefficient (Wildman–Crippen LogP) is 0.686. The summed E-state index contributed by atoms with van der Waals surface area (Å²) in [6.07, 6.45) is -1.45. The lowest BCUT2D eigenvalue weighted by atomic mass is 9.95. The molecule has 120 valence electrons. The molecule has 3 aliphatic rings. The SMILES string of the molecule is O=C(NC1CC2CCC1O2)C1COCCN1CC(F)(F)F. The van der Waals surface area contributed by atoms with Gasteiger partial charge in [-0.3, -0.25) is 9.69 Å². The standard InChI is InChI=1S/C13H19F3N2O3/c14-13(15,16)7-18-3-4-20-6-10(18)12(19)17-9-5-8-1-2-11(9)21-8/h8-11H,1-7H2,(H,17,19). The molecule has 1 N–H and O–H groups in total. The number of morpholine rings is 1. The second kappa shape index (κ2) is 5.73. The van der Waals surface area contributed by atoms with Crippen molar-refractivity contribution in [2.24, 2.45) is 0 Å². The topological polar surface area (TPSA) is 50.8 Å². The van der Waals surface area contributed by atoms with Crippen molar-refractivity contribution in [1.82, 2.24) is 10.2 Å². The van der Waals surface area contributed by atoms with Crippen molar-refractivity contribution in [2.75, 3.05) is 26.3 Å². The van der Waals surface area contributed by atoms with Crippen LogP contribution < -0.4 is 5.32 Å². The summed E-state index contributed by atoms with van der Waals surface area (Å²) in [7, 11) is 0. The largest absolute Gasteiger partial charge is 0.401 e. The minimum Gasteiger partial charge on any atom is -0.378 e. The normalized spacial score (nSPS) is 36.9. The van der Waals surface area contributed by atoms with Gasteiger partial charge in [0.05, 0.1) is 38.0 Å². The van der Waals surface area contributed by atoms with E-state index in [0.29, 0.717) is 0 Å². The van der Waals surface area contributed by atoms with Gasteiger partial charge in [-0.2, -0.15) is 13.2 Å². The van der Waals surface area contributed by atoms with Gasteiger partial charge in [-0.05, 0) is 19.3 Å². The fourth-order valence-electron chi connectivity index (χ4n) is 3.37. The van der Waals surface area contributed by atoms with Crippen LogP contribution in [0, 0.1) is 0 Å². The summed E-state index contributed by atoms with van der Waals surface area (Å²) in [5.74, 6) is -0.389. The molecule has 4 unspecified atom stereocenters. The summed E-state index contributed by atoms with van der Waals surface area (Å²) in [4.78, 5) is 13.4. The number of rotatable bonds is 3. The minimum absolute atomic E-state index is 0.00356. The Morgan fingerprint density at radius 3 is 2.76 bits per heavy atom. The number of nitrogens with zero attached hydrogens (tertiary/aromatic N) is 1. The predicted molar refractivity (Wildman–Crippen MR) is 66.7 cm³/mol. The van der Waals surface area contributed by atoms with Gasteiger partial charge in [-0.25, -0.2) is 0 Å². The Morgan fingerprint density at radius 2 is 2.14 bits per heavy atom. The van der Waals surface area contributed by atoms with Crippen molar-refractivity contribution in [3.05, 3.63) is 0 Å². The Labute approximate surface area is 120 Å². The monoisotopic (exact) mass is 308 g/mol. The van der Waals surface area contributed by atoms with Crippen LogP contribution in [0.4, 0.5) is 13.2 Å². The number of amides is 1. The van der Waals surface area contributed by atoms with Crippen LogP contribution in [0.5, 0.6) is 0 Å². The highest BCUT2D eigenvalue weighted by molar-refractivity contribution is 5.82. The Bertz CT molecular complexity index is 405. The van der Waals surface area contributed by atoms with Crippen LogP contribution in [0.1, 0.15) is 19.3 Å². The van der Waals surface area contributed by atoms with E-state index in [4.69, 9.17) is 9.47 Å². The van der Waals surface area contributed by atoms with Gasteiger partial charge in [0.15, 0.2) is 0 Å². The fraction of sp³-hybridized carbons (Fsp3) is 0.923. The molecule has 21 heavy (non-hydrogen) atoms. The second-order valence-electron chi connectivity index (χ2n) is 5.90. The number of carbonyl (C=O) groups excluding carboxylic acids is 1. The van der Waals surface area contributed by atoms with Crippen LogP contribution in [0.15, 0.2) is 0 Å². The van der Waals surface area contributed by atoms with E-state index in [-0.39, 0.29) is 43.9 Å². The molecule has 3 fully saturated rings. The van der Waals surface area contributed by atoms with E-state index >= 15 is 0 Å². The summed E-state index contributed by atoms with van der Waals surface area (Å²) in [6.45, 7) is -0.743. The molecule has 1 amide bonds. The number of nitrogens with one attached hydrogen (secondary N) is 1. The third-order valence-electron chi connectivity index (χ3n) is 4.36. The van der Waals surface area contributed by atoms with Crippen LogP contribution in [0.25, 0.3) is 0 Å². The van der Waals surface area contributed by atoms with Crippen LogP contribution >= 0.6 is 0 Å². The summed E-state index contributed by atoms with van der Waals surface area (Å²) in [5.41, 5.74) is 0. The van der Waals surface area contributed by atoms with Crippen molar-refractivity contribution < 1.29 is 27.4 Å². The van der Waals surface area contributed by atoms with Crippen LogP contribution in [0.2, 0.25) is 0 Å². The van der Waals surface area contributed by atoms with Gasteiger partial charge in [0.1, 0.15) is 6.04 Å². The van der Waals surface area contributed by atoms with Crippen LogP contribution in [-0.4, -0.2) is 67.6 Å². The number of alkyl halides is 3. The number of halogens is 3. The summed E-state index contributed by atoms with van der Waals surface area (Å²) in [6, 6.07) is -0.953. The zero-order valence-corrected chi connectivity index (χ0v) is 11.6. The van der Waals surface area contributed by atoms with E-state index in [2.05, 4.69) is 5.32 Å². The number of hydrogen-bond acceptors (Lipinski definition) is 4. The number of ether oxygens (including phenoxy) is 2. The molecule has 8 heteroatoms. The average molecular weight is 308 g/mol. The van der Waals surface area contributed by atoms with Gasteiger partial charge in [-0.1, -0.05) is 0 Å². The van der Waals surface area contributed by atoms with E-state index in [1.807, 2.05) is 0 Å². The van der Waals surface area contributed by atoms with Gasteiger partial charge in [0.2, 0.25) is 5.91 Å². The fourth-order valence-corrected chi connectivity index (χ4v) is 3.37. The molecular weight excluding hydrogens is 289 g/mol. The first-order chi connectivity index (χ1) is 9.92. The Balaban J connectivity index is 1.59. The van der Waals surface area contributed by atoms with E-state index in [9.17, 15) is 18.0 Å². The molecule has 0 aromatic heterocycles. The maximum absolute atomic E-state index is 12.6. The zero-order chi connectivity index (χ0) is 15.0. The number of hydrogen-bond donors (Lipinski definition) is 1. The summed E-state index contributed by atoms with van der Waals surface area (Å²) < 4.78 is 48.5. The molecule has 0 aromatic rings. The van der Waals surface area contributed by atoms with E-state index in [1.165, 1.54) is 0 Å². The molecule has 0 aliphatic carbocycles. The Kier molecular flexibility index (Phi) is 4.11. The second-order valence-corrected chi connectivity index (χ2v) is 5.90. The van der Waals surface area contributed by atoms with Crippen molar-refractivity contribution in [3.8, 4) is 0 Å². The first-order valence-corrected chi connectivity index (χ1v) is 7.27. The number of fused-ring (bicyclic) bond motifs is 2. The molecule has 3 saturated heterocycles. The molecule has 3 aliphatic heterocycles. The van der Waals surface area contributed by atoms with Gasteiger partial charge < -0.3 is 14.8 Å². The van der Waals surface area contributed by atoms with Gasteiger partial charge in [-0.15, -0.1) is 0 Å². The first-order valence-electron chi connectivity index (χ1n) is 7.27. The smallest absolute Gasteiger partial charge is 0.378 e. The third-order valence-corrected chi connectivity index (χ3v) is 4.36. The van der Waals surface area contributed by atoms with E-state index in [1.54, 1.807) is 0 Å². The highest BCUT2D eigenvalue weighted by Gasteiger charge is 2.43. The van der Waals surface area contributed by atoms with Crippen molar-refractivity contribution in [1.29, 1.82) is 0 Å². The minimum atomic E-state index is -4.31. The van der Waals surface area contributed by atoms with Crippen molar-refractivity contribution >= 4 is 5.91 Å².